The van der Waals surface area contributed by atoms with Gasteiger partial charge in [0.25, 0.3) is 0 Å². The van der Waals surface area contributed by atoms with Crippen molar-refractivity contribution in [1.29, 1.82) is 5.26 Å². The third-order valence-electron chi connectivity index (χ3n) is 4.02. The summed E-state index contributed by atoms with van der Waals surface area (Å²) in [6.45, 7) is 8.42. The second kappa shape index (κ2) is 9.40. The van der Waals surface area contributed by atoms with Gasteiger partial charge in [-0.05, 0) is 41.7 Å². The molecule has 0 fully saturated rings. The number of amides is 1. The summed E-state index contributed by atoms with van der Waals surface area (Å²) in [5.74, 6) is 1.33. The van der Waals surface area contributed by atoms with Gasteiger partial charge in [0.1, 0.15) is 11.1 Å². The Bertz CT molecular complexity index is 792. The summed E-state index contributed by atoms with van der Waals surface area (Å²) in [5.41, 5.74) is 3.58. The number of hydrogen-bond donors (Lipinski definition) is 1. The molecule has 0 aliphatic rings. The molecule has 1 amide bonds. The minimum absolute atomic E-state index is 0.0340. The van der Waals surface area contributed by atoms with Crippen LogP contribution in [-0.4, -0.2) is 16.6 Å². The molecule has 2 aromatic rings. The number of nitriles is 1. The molecule has 136 valence electrons. The predicted octanol–water partition coefficient (Wildman–Crippen LogP) is 5.32. The zero-order valence-electron chi connectivity index (χ0n) is 15.7. The molecule has 1 aromatic heterocycles. The number of rotatable bonds is 7. The van der Waals surface area contributed by atoms with Crippen molar-refractivity contribution in [3.8, 4) is 6.07 Å². The lowest BCUT2D eigenvalue weighted by atomic mass is 10.0. The largest absolute Gasteiger partial charge is 0.326 e. The highest BCUT2D eigenvalue weighted by atomic mass is 32.2. The van der Waals surface area contributed by atoms with E-state index in [-0.39, 0.29) is 5.91 Å². The molecule has 1 N–H and O–H groups in total. The summed E-state index contributed by atoms with van der Waals surface area (Å²) >= 11 is 1.45. The monoisotopic (exact) mass is 367 g/mol. The van der Waals surface area contributed by atoms with E-state index in [0.717, 1.165) is 11.4 Å². The topological polar surface area (TPSA) is 65.8 Å². The number of hydrogen-bond acceptors (Lipinski definition) is 4. The van der Waals surface area contributed by atoms with Crippen LogP contribution in [0.5, 0.6) is 0 Å². The number of carbonyl (C=O) groups excluding carboxylic acids is 1. The Morgan fingerprint density at radius 2 is 1.81 bits per heavy atom. The zero-order chi connectivity index (χ0) is 19.1. The molecule has 1 heterocycles. The third kappa shape index (κ3) is 5.60. The molecule has 0 unspecified atom stereocenters. The maximum atomic E-state index is 12.1. The standard InChI is InChI=1S/C21H25N3OS/c1-14(2)16-5-8-18(9-6-16)23-20(25)11-12-26-21-17(13-22)7-10-19(24-21)15(3)4/h5-10,14-15H,11-12H2,1-4H3,(H,23,25). The molecule has 0 aliphatic heterocycles. The average molecular weight is 368 g/mol. The molecule has 0 saturated carbocycles. The molecule has 0 aliphatic carbocycles. The maximum Gasteiger partial charge on any atom is 0.225 e. The second-order valence-corrected chi connectivity index (χ2v) is 7.86. The Kier molecular flexibility index (Phi) is 7.23. The number of benzene rings is 1. The Labute approximate surface area is 160 Å². The number of aromatic nitrogens is 1. The van der Waals surface area contributed by atoms with Crippen molar-refractivity contribution in [2.24, 2.45) is 0 Å². The van der Waals surface area contributed by atoms with Crippen LogP contribution < -0.4 is 5.32 Å². The van der Waals surface area contributed by atoms with E-state index < -0.39 is 0 Å². The van der Waals surface area contributed by atoms with E-state index in [2.05, 4.69) is 44.1 Å². The minimum Gasteiger partial charge on any atom is -0.326 e. The highest BCUT2D eigenvalue weighted by Crippen LogP contribution is 2.24. The summed E-state index contributed by atoms with van der Waals surface area (Å²) in [5, 5.41) is 12.8. The van der Waals surface area contributed by atoms with Crippen molar-refractivity contribution >= 4 is 23.4 Å². The van der Waals surface area contributed by atoms with Gasteiger partial charge in [-0.3, -0.25) is 4.79 Å². The van der Waals surface area contributed by atoms with Crippen LogP contribution in [0.15, 0.2) is 41.4 Å². The van der Waals surface area contributed by atoms with E-state index in [9.17, 15) is 10.1 Å². The van der Waals surface area contributed by atoms with Crippen LogP contribution in [0.3, 0.4) is 0 Å². The van der Waals surface area contributed by atoms with Gasteiger partial charge in [-0.1, -0.05) is 39.8 Å². The quantitative estimate of drug-likeness (QED) is 0.673. The molecule has 0 spiro atoms. The van der Waals surface area contributed by atoms with Crippen molar-refractivity contribution in [3.63, 3.8) is 0 Å². The number of thioether (sulfide) groups is 1. The normalized spacial score (nSPS) is 10.8. The Hall–Kier alpha value is -2.32. The Morgan fingerprint density at radius 1 is 1.12 bits per heavy atom. The number of nitrogens with one attached hydrogen (secondary N) is 1. The van der Waals surface area contributed by atoms with Gasteiger partial charge in [0, 0.05) is 23.6 Å². The van der Waals surface area contributed by atoms with Crippen LogP contribution in [0.1, 0.15) is 62.8 Å². The predicted molar refractivity (Wildman–Crippen MR) is 108 cm³/mol. The van der Waals surface area contributed by atoms with Crippen LogP contribution in [-0.2, 0) is 4.79 Å². The van der Waals surface area contributed by atoms with Crippen molar-refractivity contribution < 1.29 is 4.79 Å². The van der Waals surface area contributed by atoms with Crippen LogP contribution in [0.2, 0.25) is 0 Å². The fourth-order valence-corrected chi connectivity index (χ4v) is 3.31. The van der Waals surface area contributed by atoms with Gasteiger partial charge in [0.15, 0.2) is 0 Å². The van der Waals surface area contributed by atoms with E-state index in [1.54, 1.807) is 6.07 Å². The fraction of sp³-hybridized carbons (Fsp3) is 0.381. The van der Waals surface area contributed by atoms with E-state index in [0.29, 0.717) is 34.6 Å². The van der Waals surface area contributed by atoms with E-state index in [4.69, 9.17) is 0 Å². The summed E-state index contributed by atoms with van der Waals surface area (Å²) < 4.78 is 0. The number of pyridine rings is 1. The molecule has 0 atom stereocenters. The summed E-state index contributed by atoms with van der Waals surface area (Å²) in [4.78, 5) is 16.7. The van der Waals surface area contributed by atoms with Crippen molar-refractivity contribution in [2.45, 2.75) is 51.0 Å². The van der Waals surface area contributed by atoms with E-state index >= 15 is 0 Å². The first-order valence-electron chi connectivity index (χ1n) is 8.84. The van der Waals surface area contributed by atoms with Crippen molar-refractivity contribution in [1.82, 2.24) is 4.98 Å². The molecule has 5 heteroatoms. The molecule has 0 bridgehead atoms. The molecule has 1 aromatic carbocycles. The number of carbonyl (C=O) groups is 1. The highest BCUT2D eigenvalue weighted by molar-refractivity contribution is 7.99. The van der Waals surface area contributed by atoms with Gasteiger partial charge in [-0.25, -0.2) is 4.98 Å². The van der Waals surface area contributed by atoms with Gasteiger partial charge in [0.2, 0.25) is 5.91 Å². The number of nitrogens with zero attached hydrogens (tertiary/aromatic N) is 2. The summed E-state index contributed by atoms with van der Waals surface area (Å²) in [7, 11) is 0. The molecule has 26 heavy (non-hydrogen) atoms. The van der Waals surface area contributed by atoms with Gasteiger partial charge >= 0.3 is 0 Å². The first-order chi connectivity index (χ1) is 12.4. The van der Waals surface area contributed by atoms with Crippen LogP contribution in [0.4, 0.5) is 5.69 Å². The lowest BCUT2D eigenvalue weighted by Gasteiger charge is -2.10. The van der Waals surface area contributed by atoms with Crippen LogP contribution in [0, 0.1) is 11.3 Å². The molecular formula is C21H25N3OS. The van der Waals surface area contributed by atoms with E-state index in [1.165, 1.54) is 17.3 Å². The molecular weight excluding hydrogens is 342 g/mol. The SMILES string of the molecule is CC(C)c1ccc(NC(=O)CCSc2nc(C(C)C)ccc2C#N)cc1. The lowest BCUT2D eigenvalue weighted by Crippen LogP contribution is -2.12. The van der Waals surface area contributed by atoms with Crippen molar-refractivity contribution in [3.05, 3.63) is 53.2 Å². The van der Waals surface area contributed by atoms with Crippen LogP contribution >= 0.6 is 11.8 Å². The molecule has 0 saturated heterocycles. The Morgan fingerprint density at radius 3 is 2.38 bits per heavy atom. The second-order valence-electron chi connectivity index (χ2n) is 6.78. The van der Waals surface area contributed by atoms with Gasteiger partial charge < -0.3 is 5.32 Å². The third-order valence-corrected chi connectivity index (χ3v) is 5.02. The van der Waals surface area contributed by atoms with Crippen LogP contribution in [0.25, 0.3) is 0 Å². The highest BCUT2D eigenvalue weighted by Gasteiger charge is 2.10. The minimum atomic E-state index is -0.0340. The first-order valence-corrected chi connectivity index (χ1v) is 9.83. The smallest absolute Gasteiger partial charge is 0.225 e. The van der Waals surface area contributed by atoms with Gasteiger partial charge in [-0.15, -0.1) is 11.8 Å². The fourth-order valence-electron chi connectivity index (χ4n) is 2.39. The lowest BCUT2D eigenvalue weighted by molar-refractivity contribution is -0.115. The van der Waals surface area contributed by atoms with Crippen molar-refractivity contribution in [2.75, 3.05) is 11.1 Å². The Balaban J connectivity index is 1.90. The van der Waals surface area contributed by atoms with Gasteiger partial charge in [-0.2, -0.15) is 5.26 Å². The molecule has 2 rings (SSSR count). The van der Waals surface area contributed by atoms with Gasteiger partial charge in [0.05, 0.1) is 5.56 Å². The number of anilines is 1. The van der Waals surface area contributed by atoms with E-state index in [1.807, 2.05) is 30.3 Å². The maximum absolute atomic E-state index is 12.1. The first kappa shape index (κ1) is 20.0. The zero-order valence-corrected chi connectivity index (χ0v) is 16.6. The average Bonchev–Trinajstić information content (AvgIpc) is 2.62. The summed E-state index contributed by atoms with van der Waals surface area (Å²) in [6.07, 6.45) is 0.370. The summed E-state index contributed by atoms with van der Waals surface area (Å²) in [6, 6.07) is 13.8. The molecule has 4 nitrogen and oxygen atoms in total. The molecule has 0 radical (unpaired) electrons.